The number of esters is 1. The molecular weight excluding hydrogens is 124 g/mol. The topological polar surface area (TPSA) is 63.6 Å². The predicted octanol–water partition coefficient (Wildman–Crippen LogP) is -1.14. The lowest BCUT2D eigenvalue weighted by molar-refractivity contribution is -0.155. The van der Waals surface area contributed by atoms with Crippen LogP contribution in [0.4, 0.5) is 0 Å². The molecule has 0 aromatic rings. The van der Waals surface area contributed by atoms with Gasteiger partial charge in [0.2, 0.25) is 5.60 Å². The summed E-state index contributed by atoms with van der Waals surface area (Å²) in [6, 6.07) is 0. The molecule has 0 aromatic carbocycles. The Kier molecular flexibility index (Phi) is 1.25. The zero-order valence-electron chi connectivity index (χ0n) is 4.66. The molecule has 1 unspecified atom stereocenters. The molecule has 4 nitrogen and oxygen atoms in total. The van der Waals surface area contributed by atoms with Crippen molar-refractivity contribution in [1.82, 2.24) is 0 Å². The van der Waals surface area contributed by atoms with Crippen LogP contribution in [0.1, 0.15) is 6.42 Å². The van der Waals surface area contributed by atoms with Crippen molar-refractivity contribution >= 4 is 12.3 Å². The van der Waals surface area contributed by atoms with E-state index >= 15 is 0 Å². The van der Waals surface area contributed by atoms with Gasteiger partial charge in [-0.15, -0.1) is 0 Å². The minimum atomic E-state index is -1.85. The Hall–Kier alpha value is -0.900. The molecular formula is C5H6O4. The lowest BCUT2D eigenvalue weighted by atomic mass is 10.1. The van der Waals surface area contributed by atoms with E-state index in [0.717, 1.165) is 0 Å². The molecule has 0 aromatic heterocycles. The lowest BCUT2D eigenvalue weighted by Crippen LogP contribution is -2.35. The van der Waals surface area contributed by atoms with Gasteiger partial charge in [0.15, 0.2) is 6.29 Å². The first-order valence-corrected chi connectivity index (χ1v) is 2.55. The number of carbonyl (C=O) groups is 2. The van der Waals surface area contributed by atoms with E-state index in [-0.39, 0.29) is 19.3 Å². The third-order valence-corrected chi connectivity index (χ3v) is 1.26. The van der Waals surface area contributed by atoms with Crippen LogP contribution in [0, 0.1) is 0 Å². The van der Waals surface area contributed by atoms with E-state index in [0.29, 0.717) is 0 Å². The van der Waals surface area contributed by atoms with Crippen molar-refractivity contribution in [2.24, 2.45) is 0 Å². The fourth-order valence-electron chi connectivity index (χ4n) is 0.633. The van der Waals surface area contributed by atoms with Crippen LogP contribution >= 0.6 is 0 Å². The molecule has 0 amide bonds. The van der Waals surface area contributed by atoms with Crippen LogP contribution in [0.25, 0.3) is 0 Å². The number of ether oxygens (including phenoxy) is 1. The summed E-state index contributed by atoms with van der Waals surface area (Å²) in [5, 5.41) is 8.93. The highest BCUT2D eigenvalue weighted by molar-refractivity contribution is 5.97. The molecule has 4 heteroatoms. The first-order valence-electron chi connectivity index (χ1n) is 2.55. The van der Waals surface area contributed by atoms with Crippen molar-refractivity contribution < 1.29 is 19.4 Å². The van der Waals surface area contributed by atoms with E-state index in [4.69, 9.17) is 5.11 Å². The zero-order valence-corrected chi connectivity index (χ0v) is 4.66. The third kappa shape index (κ3) is 0.810. The number of aliphatic hydroxyl groups is 1. The standard InChI is InChI=1S/C5H6O4/c6-3-5(8)1-2-9-4(5)7/h3,8H,1-2H2. The van der Waals surface area contributed by atoms with Gasteiger partial charge in [0.1, 0.15) is 0 Å². The van der Waals surface area contributed by atoms with Crippen LogP contribution in [0.15, 0.2) is 0 Å². The number of hydrogen-bond donors (Lipinski definition) is 1. The molecule has 0 spiro atoms. The second-order valence-electron chi connectivity index (χ2n) is 1.93. The molecule has 9 heavy (non-hydrogen) atoms. The molecule has 1 saturated heterocycles. The van der Waals surface area contributed by atoms with Crippen LogP contribution in [-0.4, -0.2) is 29.6 Å². The fraction of sp³-hybridized carbons (Fsp3) is 0.600. The van der Waals surface area contributed by atoms with E-state index in [1.54, 1.807) is 0 Å². The van der Waals surface area contributed by atoms with Crippen LogP contribution < -0.4 is 0 Å². The summed E-state index contributed by atoms with van der Waals surface area (Å²) in [4.78, 5) is 20.4. The average Bonchev–Trinajstić information content (AvgIpc) is 2.15. The highest BCUT2D eigenvalue weighted by atomic mass is 16.6. The van der Waals surface area contributed by atoms with Crippen molar-refractivity contribution in [3.05, 3.63) is 0 Å². The number of hydrogen-bond acceptors (Lipinski definition) is 4. The van der Waals surface area contributed by atoms with Gasteiger partial charge in [0.05, 0.1) is 6.61 Å². The Morgan fingerprint density at radius 3 is 2.67 bits per heavy atom. The summed E-state index contributed by atoms with van der Waals surface area (Å²) in [6.07, 6.45) is 0.289. The Morgan fingerprint density at radius 2 is 2.44 bits per heavy atom. The molecule has 0 bridgehead atoms. The largest absolute Gasteiger partial charge is 0.463 e. The Morgan fingerprint density at radius 1 is 1.78 bits per heavy atom. The van der Waals surface area contributed by atoms with Crippen molar-refractivity contribution in [2.75, 3.05) is 6.61 Å². The van der Waals surface area contributed by atoms with Crippen molar-refractivity contribution in [1.29, 1.82) is 0 Å². The smallest absolute Gasteiger partial charge is 0.345 e. The van der Waals surface area contributed by atoms with Gasteiger partial charge in [-0.3, -0.25) is 4.79 Å². The fourth-order valence-corrected chi connectivity index (χ4v) is 0.633. The van der Waals surface area contributed by atoms with E-state index in [1.165, 1.54) is 0 Å². The molecule has 1 heterocycles. The third-order valence-electron chi connectivity index (χ3n) is 1.26. The molecule has 1 atom stereocenters. The predicted molar refractivity (Wildman–Crippen MR) is 26.6 cm³/mol. The maximum atomic E-state index is 10.4. The summed E-state index contributed by atoms with van der Waals surface area (Å²) < 4.78 is 4.34. The minimum absolute atomic E-state index is 0.0787. The highest BCUT2D eigenvalue weighted by Gasteiger charge is 2.42. The molecule has 1 fully saturated rings. The number of aldehydes is 1. The van der Waals surface area contributed by atoms with Gasteiger partial charge in [-0.25, -0.2) is 4.79 Å². The van der Waals surface area contributed by atoms with Crippen molar-refractivity contribution in [3.8, 4) is 0 Å². The van der Waals surface area contributed by atoms with Gasteiger partial charge in [-0.1, -0.05) is 0 Å². The van der Waals surface area contributed by atoms with Crippen LogP contribution in [0.5, 0.6) is 0 Å². The van der Waals surface area contributed by atoms with Gasteiger partial charge in [-0.2, -0.15) is 0 Å². The van der Waals surface area contributed by atoms with Crippen molar-refractivity contribution in [3.63, 3.8) is 0 Å². The van der Waals surface area contributed by atoms with Gasteiger partial charge >= 0.3 is 5.97 Å². The highest BCUT2D eigenvalue weighted by Crippen LogP contribution is 2.16. The Balaban J connectivity index is 2.78. The Bertz CT molecular complexity index is 153. The molecule has 1 aliphatic rings. The molecule has 0 radical (unpaired) electrons. The maximum Gasteiger partial charge on any atom is 0.345 e. The van der Waals surface area contributed by atoms with Crippen molar-refractivity contribution in [2.45, 2.75) is 12.0 Å². The van der Waals surface area contributed by atoms with Crippen LogP contribution in [0.3, 0.4) is 0 Å². The van der Waals surface area contributed by atoms with E-state index in [1.807, 2.05) is 0 Å². The number of rotatable bonds is 1. The van der Waals surface area contributed by atoms with E-state index in [2.05, 4.69) is 4.74 Å². The maximum absolute atomic E-state index is 10.4. The summed E-state index contributed by atoms with van der Waals surface area (Å²) in [6.45, 7) is 0.133. The second kappa shape index (κ2) is 1.80. The lowest BCUT2D eigenvalue weighted by Gasteiger charge is -2.05. The van der Waals surface area contributed by atoms with E-state index < -0.39 is 11.6 Å². The van der Waals surface area contributed by atoms with E-state index in [9.17, 15) is 9.59 Å². The summed E-state index contributed by atoms with van der Waals surface area (Å²) in [5.41, 5.74) is -1.85. The monoisotopic (exact) mass is 130 g/mol. The molecule has 50 valence electrons. The normalized spacial score (nSPS) is 34.1. The summed E-state index contributed by atoms with van der Waals surface area (Å²) in [7, 11) is 0. The summed E-state index contributed by atoms with van der Waals surface area (Å²) in [5.74, 6) is -0.836. The first kappa shape index (κ1) is 6.22. The number of carbonyl (C=O) groups excluding carboxylic acids is 2. The molecule has 1 aliphatic heterocycles. The Labute approximate surface area is 51.4 Å². The van der Waals surface area contributed by atoms with Crippen LogP contribution in [0.2, 0.25) is 0 Å². The molecule has 1 rings (SSSR count). The summed E-state index contributed by atoms with van der Waals surface area (Å²) >= 11 is 0. The second-order valence-corrected chi connectivity index (χ2v) is 1.93. The van der Waals surface area contributed by atoms with Crippen LogP contribution in [-0.2, 0) is 14.3 Å². The van der Waals surface area contributed by atoms with Gasteiger partial charge in [0.25, 0.3) is 0 Å². The quantitative estimate of drug-likeness (QED) is 0.277. The van der Waals surface area contributed by atoms with Gasteiger partial charge < -0.3 is 9.84 Å². The molecule has 1 N–H and O–H groups in total. The minimum Gasteiger partial charge on any atom is -0.463 e. The van der Waals surface area contributed by atoms with Gasteiger partial charge in [-0.05, 0) is 0 Å². The molecule has 0 aliphatic carbocycles. The average molecular weight is 130 g/mol. The SMILES string of the molecule is O=CC1(O)CCOC1=O. The molecule has 0 saturated carbocycles. The van der Waals surface area contributed by atoms with Gasteiger partial charge in [0, 0.05) is 6.42 Å². The number of cyclic esters (lactones) is 1. The first-order chi connectivity index (χ1) is 4.19. The zero-order chi connectivity index (χ0) is 6.91.